The van der Waals surface area contributed by atoms with Crippen LogP contribution in [0.4, 0.5) is 5.82 Å². The normalized spacial score (nSPS) is 15.5. The van der Waals surface area contributed by atoms with E-state index in [1.807, 2.05) is 29.0 Å². The van der Waals surface area contributed by atoms with E-state index in [4.69, 9.17) is 0 Å². The molecule has 1 N–H and O–H groups in total. The van der Waals surface area contributed by atoms with Crippen molar-refractivity contribution in [2.45, 2.75) is 37.6 Å². The van der Waals surface area contributed by atoms with Crippen molar-refractivity contribution in [2.75, 3.05) is 5.32 Å². The molecule has 0 bridgehead atoms. The smallest absolute Gasteiger partial charge is 0.256 e. The Kier molecular flexibility index (Phi) is 4.49. The summed E-state index contributed by atoms with van der Waals surface area (Å²) >= 11 is 0. The Morgan fingerprint density at radius 2 is 1.91 bits per heavy atom. The fourth-order valence-corrected chi connectivity index (χ4v) is 3.77. The molecule has 0 aromatic carbocycles. The SMILES string of the molecule is O=C(Nc1cccc(-c2nncn2C2CC2)n1)c1ccnc(-c2ccc(C3CC3)nc2)c1. The van der Waals surface area contributed by atoms with Gasteiger partial charge in [-0.1, -0.05) is 6.07 Å². The van der Waals surface area contributed by atoms with E-state index in [0.29, 0.717) is 34.7 Å². The van der Waals surface area contributed by atoms with Crippen molar-refractivity contribution in [2.24, 2.45) is 0 Å². The molecule has 32 heavy (non-hydrogen) atoms. The molecular weight excluding hydrogens is 402 g/mol. The van der Waals surface area contributed by atoms with E-state index in [9.17, 15) is 4.79 Å². The number of carbonyl (C=O) groups is 1. The molecular formula is C24H21N7O. The van der Waals surface area contributed by atoms with E-state index in [-0.39, 0.29) is 5.91 Å². The highest BCUT2D eigenvalue weighted by atomic mass is 16.1. The lowest BCUT2D eigenvalue weighted by atomic mass is 10.1. The van der Waals surface area contributed by atoms with Crippen molar-refractivity contribution < 1.29 is 4.79 Å². The molecule has 0 unspecified atom stereocenters. The Balaban J connectivity index is 1.21. The monoisotopic (exact) mass is 423 g/mol. The number of pyridine rings is 3. The topological polar surface area (TPSA) is 98.5 Å². The van der Waals surface area contributed by atoms with Crippen molar-refractivity contribution in [1.82, 2.24) is 29.7 Å². The second kappa shape index (κ2) is 7.64. The Bertz CT molecular complexity index is 1290. The quantitative estimate of drug-likeness (QED) is 0.497. The van der Waals surface area contributed by atoms with Crippen LogP contribution in [0.1, 0.15) is 53.7 Å². The fraction of sp³-hybridized carbons (Fsp3) is 0.250. The molecule has 8 nitrogen and oxygen atoms in total. The van der Waals surface area contributed by atoms with Gasteiger partial charge in [0.1, 0.15) is 17.8 Å². The first-order chi connectivity index (χ1) is 15.7. The number of anilines is 1. The third-order valence-electron chi connectivity index (χ3n) is 5.83. The van der Waals surface area contributed by atoms with E-state index in [0.717, 1.165) is 29.9 Å². The van der Waals surface area contributed by atoms with Gasteiger partial charge in [0.15, 0.2) is 5.82 Å². The lowest BCUT2D eigenvalue weighted by molar-refractivity contribution is 0.102. The maximum absolute atomic E-state index is 12.9. The fourth-order valence-electron chi connectivity index (χ4n) is 3.77. The highest BCUT2D eigenvalue weighted by molar-refractivity contribution is 6.04. The third kappa shape index (κ3) is 3.75. The predicted molar refractivity (Wildman–Crippen MR) is 119 cm³/mol. The summed E-state index contributed by atoms with van der Waals surface area (Å²) in [5, 5.41) is 11.1. The van der Waals surface area contributed by atoms with Crippen molar-refractivity contribution in [3.63, 3.8) is 0 Å². The minimum absolute atomic E-state index is 0.246. The molecule has 0 radical (unpaired) electrons. The van der Waals surface area contributed by atoms with E-state index < -0.39 is 0 Å². The second-order valence-corrected chi connectivity index (χ2v) is 8.33. The average Bonchev–Trinajstić information content (AvgIpc) is 3.78. The summed E-state index contributed by atoms with van der Waals surface area (Å²) in [7, 11) is 0. The molecule has 2 aliphatic carbocycles. The summed E-state index contributed by atoms with van der Waals surface area (Å²) in [5.41, 5.74) is 3.93. The zero-order valence-corrected chi connectivity index (χ0v) is 17.3. The van der Waals surface area contributed by atoms with Crippen LogP contribution in [-0.4, -0.2) is 35.6 Å². The summed E-state index contributed by atoms with van der Waals surface area (Å²) in [4.78, 5) is 26.5. The number of hydrogen-bond acceptors (Lipinski definition) is 6. The highest BCUT2D eigenvalue weighted by Crippen LogP contribution is 2.39. The van der Waals surface area contributed by atoms with Gasteiger partial charge in [0.2, 0.25) is 0 Å². The van der Waals surface area contributed by atoms with Gasteiger partial charge in [0.25, 0.3) is 5.91 Å². The molecule has 8 heteroatoms. The molecule has 0 saturated heterocycles. The van der Waals surface area contributed by atoms with Gasteiger partial charge < -0.3 is 9.88 Å². The summed E-state index contributed by atoms with van der Waals surface area (Å²) in [6, 6.07) is 13.5. The molecule has 6 rings (SSSR count). The predicted octanol–water partition coefficient (Wildman–Crippen LogP) is 4.26. The number of nitrogens with one attached hydrogen (secondary N) is 1. The van der Waals surface area contributed by atoms with E-state index >= 15 is 0 Å². The number of aromatic nitrogens is 6. The highest BCUT2D eigenvalue weighted by Gasteiger charge is 2.27. The summed E-state index contributed by atoms with van der Waals surface area (Å²) in [5.74, 6) is 1.55. The standard InChI is InChI=1S/C24H21N7O/c32-24(16-10-11-25-21(12-16)17-6-9-19(26-13-17)15-4-5-15)29-22-3-1-2-20(28-22)23-30-27-14-31(23)18-7-8-18/h1-3,6,9-15,18H,4-5,7-8H2,(H,28,29,32). The van der Waals surface area contributed by atoms with Gasteiger partial charge in [-0.2, -0.15) is 0 Å². The Morgan fingerprint density at radius 3 is 2.69 bits per heavy atom. The Hall–Kier alpha value is -3.94. The third-order valence-corrected chi connectivity index (χ3v) is 5.83. The Morgan fingerprint density at radius 1 is 1.00 bits per heavy atom. The van der Waals surface area contributed by atoms with E-state index in [1.165, 1.54) is 12.8 Å². The molecule has 0 aliphatic heterocycles. The zero-order chi connectivity index (χ0) is 21.5. The van der Waals surface area contributed by atoms with E-state index in [2.05, 4.69) is 36.5 Å². The second-order valence-electron chi connectivity index (χ2n) is 8.33. The minimum Gasteiger partial charge on any atom is -0.309 e. The first-order valence-corrected chi connectivity index (χ1v) is 10.9. The van der Waals surface area contributed by atoms with E-state index in [1.54, 1.807) is 30.7 Å². The van der Waals surface area contributed by atoms with Gasteiger partial charge in [0.05, 0.1) is 5.69 Å². The van der Waals surface area contributed by atoms with Crippen molar-refractivity contribution >= 4 is 11.7 Å². The summed E-state index contributed by atoms with van der Waals surface area (Å²) in [6.45, 7) is 0. The zero-order valence-electron chi connectivity index (χ0n) is 17.3. The molecule has 0 atom stereocenters. The van der Waals surface area contributed by atoms with Crippen molar-refractivity contribution in [3.05, 3.63) is 72.4 Å². The minimum atomic E-state index is -0.246. The first-order valence-electron chi connectivity index (χ1n) is 10.9. The number of hydrogen-bond donors (Lipinski definition) is 1. The lowest BCUT2D eigenvalue weighted by Gasteiger charge is -2.08. The molecule has 4 aromatic heterocycles. The molecule has 2 aliphatic rings. The molecule has 0 spiro atoms. The maximum Gasteiger partial charge on any atom is 0.256 e. The van der Waals surface area contributed by atoms with Crippen LogP contribution in [0.15, 0.2) is 61.2 Å². The molecule has 2 fully saturated rings. The van der Waals surface area contributed by atoms with Crippen LogP contribution in [0.3, 0.4) is 0 Å². The molecule has 158 valence electrons. The van der Waals surface area contributed by atoms with Gasteiger partial charge in [-0.15, -0.1) is 10.2 Å². The van der Waals surface area contributed by atoms with Crippen LogP contribution in [0.5, 0.6) is 0 Å². The summed E-state index contributed by atoms with van der Waals surface area (Å²) < 4.78 is 2.05. The molecule has 4 aromatic rings. The average molecular weight is 423 g/mol. The van der Waals surface area contributed by atoms with Crippen LogP contribution >= 0.6 is 0 Å². The molecule has 4 heterocycles. The number of amides is 1. The van der Waals surface area contributed by atoms with Crippen LogP contribution < -0.4 is 5.32 Å². The van der Waals surface area contributed by atoms with Gasteiger partial charge in [0, 0.05) is 41.2 Å². The van der Waals surface area contributed by atoms with Crippen molar-refractivity contribution in [3.8, 4) is 22.8 Å². The van der Waals surface area contributed by atoms with Crippen LogP contribution in [0, 0.1) is 0 Å². The lowest BCUT2D eigenvalue weighted by Crippen LogP contribution is -2.13. The largest absolute Gasteiger partial charge is 0.309 e. The van der Waals surface area contributed by atoms with Gasteiger partial charge in [-0.05, 0) is 62.1 Å². The van der Waals surface area contributed by atoms with Gasteiger partial charge in [-0.25, -0.2) is 4.98 Å². The number of nitrogens with zero attached hydrogens (tertiary/aromatic N) is 6. The maximum atomic E-state index is 12.9. The van der Waals surface area contributed by atoms with Gasteiger partial charge >= 0.3 is 0 Å². The number of rotatable bonds is 6. The Labute approximate surface area is 184 Å². The first kappa shape index (κ1) is 18.8. The number of carbonyl (C=O) groups excluding carboxylic acids is 1. The van der Waals surface area contributed by atoms with Gasteiger partial charge in [-0.3, -0.25) is 14.8 Å². The summed E-state index contributed by atoms with van der Waals surface area (Å²) in [6.07, 6.45) is 9.91. The van der Waals surface area contributed by atoms with Crippen LogP contribution in [0.25, 0.3) is 22.8 Å². The molecule has 1 amide bonds. The van der Waals surface area contributed by atoms with Crippen molar-refractivity contribution in [1.29, 1.82) is 0 Å². The van der Waals surface area contributed by atoms with Crippen LogP contribution in [0.2, 0.25) is 0 Å². The van der Waals surface area contributed by atoms with Crippen LogP contribution in [-0.2, 0) is 0 Å². The molecule has 2 saturated carbocycles.